The topological polar surface area (TPSA) is 48.0 Å². The van der Waals surface area contributed by atoms with Crippen LogP contribution in [0.25, 0.3) is 6.08 Å². The van der Waals surface area contributed by atoms with Crippen molar-refractivity contribution in [1.82, 2.24) is 4.90 Å². The fourth-order valence-electron chi connectivity index (χ4n) is 3.15. The summed E-state index contributed by atoms with van der Waals surface area (Å²) in [5, 5.41) is 0. The molecule has 5 heteroatoms. The molecule has 0 N–H and O–H groups in total. The Morgan fingerprint density at radius 3 is 2.27 bits per heavy atom. The van der Waals surface area contributed by atoms with E-state index in [0.29, 0.717) is 23.8 Å². The molecule has 0 radical (unpaired) electrons. The maximum absolute atomic E-state index is 12.6. The molecular weight excluding hydrogens is 330 g/mol. The van der Waals surface area contributed by atoms with Gasteiger partial charge in [0.25, 0.3) is 0 Å². The van der Waals surface area contributed by atoms with Crippen molar-refractivity contribution in [3.05, 3.63) is 59.2 Å². The Hall–Kier alpha value is -2.95. The molecule has 0 fully saturated rings. The number of rotatable bonds is 5. The summed E-state index contributed by atoms with van der Waals surface area (Å²) in [6.45, 7) is 1.38. The molecule has 1 aliphatic rings. The number of ether oxygens (including phenoxy) is 3. The van der Waals surface area contributed by atoms with Gasteiger partial charge in [-0.25, -0.2) is 0 Å². The number of fused-ring (bicyclic) bond motifs is 1. The zero-order valence-corrected chi connectivity index (χ0v) is 15.3. The molecule has 26 heavy (non-hydrogen) atoms. The first kappa shape index (κ1) is 17.9. The lowest BCUT2D eigenvalue weighted by molar-refractivity contribution is -0.126. The molecule has 0 unspecified atom stereocenters. The summed E-state index contributed by atoms with van der Waals surface area (Å²) < 4.78 is 16.0. The largest absolute Gasteiger partial charge is 0.493 e. The molecule has 0 saturated heterocycles. The van der Waals surface area contributed by atoms with Crippen molar-refractivity contribution < 1.29 is 19.0 Å². The van der Waals surface area contributed by atoms with Gasteiger partial charge in [-0.2, -0.15) is 0 Å². The first-order chi connectivity index (χ1) is 12.7. The highest BCUT2D eigenvalue weighted by Crippen LogP contribution is 2.38. The number of benzene rings is 2. The quantitative estimate of drug-likeness (QED) is 0.774. The monoisotopic (exact) mass is 353 g/mol. The summed E-state index contributed by atoms with van der Waals surface area (Å²) >= 11 is 0. The molecule has 2 aromatic carbocycles. The Bertz CT molecular complexity index is 804. The minimum absolute atomic E-state index is 0.00625. The summed E-state index contributed by atoms with van der Waals surface area (Å²) in [5.41, 5.74) is 3.35. The van der Waals surface area contributed by atoms with E-state index < -0.39 is 0 Å². The number of amides is 1. The first-order valence-corrected chi connectivity index (χ1v) is 8.50. The van der Waals surface area contributed by atoms with Gasteiger partial charge < -0.3 is 19.1 Å². The van der Waals surface area contributed by atoms with Gasteiger partial charge in [0, 0.05) is 19.2 Å². The normalized spacial score (nSPS) is 13.4. The fraction of sp³-hybridized carbons (Fsp3) is 0.286. The fourth-order valence-corrected chi connectivity index (χ4v) is 3.15. The van der Waals surface area contributed by atoms with Crippen LogP contribution >= 0.6 is 0 Å². The van der Waals surface area contributed by atoms with Crippen molar-refractivity contribution >= 4 is 12.0 Å². The van der Waals surface area contributed by atoms with E-state index in [-0.39, 0.29) is 5.91 Å². The maximum Gasteiger partial charge on any atom is 0.246 e. The number of hydrogen-bond acceptors (Lipinski definition) is 4. The number of carbonyl (C=O) groups is 1. The van der Waals surface area contributed by atoms with Gasteiger partial charge in [-0.05, 0) is 41.3 Å². The van der Waals surface area contributed by atoms with E-state index in [1.54, 1.807) is 33.5 Å². The van der Waals surface area contributed by atoms with Crippen LogP contribution in [0.2, 0.25) is 0 Å². The number of hydrogen-bond donors (Lipinski definition) is 0. The molecule has 1 heterocycles. The van der Waals surface area contributed by atoms with Crippen molar-refractivity contribution in [1.29, 1.82) is 0 Å². The molecule has 1 amide bonds. The zero-order valence-electron chi connectivity index (χ0n) is 15.3. The van der Waals surface area contributed by atoms with E-state index >= 15 is 0 Å². The van der Waals surface area contributed by atoms with Crippen LogP contribution in [-0.2, 0) is 17.8 Å². The molecule has 136 valence electrons. The van der Waals surface area contributed by atoms with Crippen LogP contribution in [0.15, 0.2) is 42.5 Å². The lowest BCUT2D eigenvalue weighted by Crippen LogP contribution is -2.34. The van der Waals surface area contributed by atoms with Gasteiger partial charge >= 0.3 is 0 Å². The third kappa shape index (κ3) is 3.67. The molecule has 0 aliphatic carbocycles. The molecule has 5 nitrogen and oxygen atoms in total. The van der Waals surface area contributed by atoms with Gasteiger partial charge in [-0.1, -0.05) is 24.3 Å². The Morgan fingerprint density at radius 1 is 1.00 bits per heavy atom. The van der Waals surface area contributed by atoms with Crippen LogP contribution in [0.3, 0.4) is 0 Å². The van der Waals surface area contributed by atoms with Gasteiger partial charge in [0.2, 0.25) is 11.7 Å². The summed E-state index contributed by atoms with van der Waals surface area (Å²) in [6, 6.07) is 11.9. The first-order valence-electron chi connectivity index (χ1n) is 8.50. The van der Waals surface area contributed by atoms with E-state index in [1.807, 2.05) is 29.2 Å². The Labute approximate surface area is 153 Å². The van der Waals surface area contributed by atoms with Crippen LogP contribution in [0.4, 0.5) is 0 Å². The Kier molecular flexibility index (Phi) is 5.46. The second-order valence-corrected chi connectivity index (χ2v) is 6.07. The second kappa shape index (κ2) is 7.95. The predicted molar refractivity (Wildman–Crippen MR) is 101 cm³/mol. The Balaban J connectivity index is 1.77. The van der Waals surface area contributed by atoms with E-state index in [9.17, 15) is 4.79 Å². The summed E-state index contributed by atoms with van der Waals surface area (Å²) in [7, 11) is 4.70. The van der Waals surface area contributed by atoms with Crippen LogP contribution in [0.5, 0.6) is 17.2 Å². The predicted octanol–water partition coefficient (Wildman–Crippen LogP) is 3.31. The van der Waals surface area contributed by atoms with Crippen LogP contribution < -0.4 is 14.2 Å². The molecule has 0 saturated carbocycles. The third-order valence-electron chi connectivity index (χ3n) is 4.55. The van der Waals surface area contributed by atoms with Crippen LogP contribution in [0.1, 0.15) is 16.7 Å². The van der Waals surface area contributed by atoms with Gasteiger partial charge in [0.15, 0.2) is 11.5 Å². The van der Waals surface area contributed by atoms with Crippen molar-refractivity contribution in [3.8, 4) is 17.2 Å². The van der Waals surface area contributed by atoms with Gasteiger partial charge in [0.1, 0.15) is 0 Å². The highest BCUT2D eigenvalue weighted by atomic mass is 16.5. The standard InChI is InChI=1S/C21H23NO4/c1-24-18-12-15(13-19(25-2)21(18)26-3)8-9-20(23)22-11-10-16-6-4-5-7-17(16)14-22/h4-9,12-13H,10-11,14H2,1-3H3. The molecule has 0 bridgehead atoms. The third-order valence-corrected chi connectivity index (χ3v) is 4.55. The number of nitrogens with zero attached hydrogens (tertiary/aromatic N) is 1. The minimum atomic E-state index is -0.00625. The molecule has 0 atom stereocenters. The van der Waals surface area contributed by atoms with Crippen LogP contribution in [0, 0.1) is 0 Å². The number of carbonyl (C=O) groups excluding carboxylic acids is 1. The number of methoxy groups -OCH3 is 3. The van der Waals surface area contributed by atoms with E-state index in [2.05, 4.69) is 12.1 Å². The van der Waals surface area contributed by atoms with Gasteiger partial charge in [0.05, 0.1) is 21.3 Å². The smallest absolute Gasteiger partial charge is 0.246 e. The average Bonchev–Trinajstić information content (AvgIpc) is 2.70. The molecule has 0 spiro atoms. The van der Waals surface area contributed by atoms with Crippen LogP contribution in [-0.4, -0.2) is 38.7 Å². The molecule has 1 aliphatic heterocycles. The summed E-state index contributed by atoms with van der Waals surface area (Å²) in [4.78, 5) is 14.4. The minimum Gasteiger partial charge on any atom is -0.493 e. The average molecular weight is 353 g/mol. The molecule has 2 aromatic rings. The Morgan fingerprint density at radius 2 is 1.65 bits per heavy atom. The molecule has 0 aromatic heterocycles. The van der Waals surface area contributed by atoms with E-state index in [1.165, 1.54) is 11.1 Å². The summed E-state index contributed by atoms with van der Waals surface area (Å²) in [5.74, 6) is 1.65. The van der Waals surface area contributed by atoms with Crippen molar-refractivity contribution in [2.75, 3.05) is 27.9 Å². The molecule has 3 rings (SSSR count). The molecular formula is C21H23NO4. The highest BCUT2D eigenvalue weighted by molar-refractivity contribution is 5.92. The highest BCUT2D eigenvalue weighted by Gasteiger charge is 2.18. The van der Waals surface area contributed by atoms with Crippen molar-refractivity contribution in [2.45, 2.75) is 13.0 Å². The van der Waals surface area contributed by atoms with Gasteiger partial charge in [-0.15, -0.1) is 0 Å². The van der Waals surface area contributed by atoms with E-state index in [4.69, 9.17) is 14.2 Å². The zero-order chi connectivity index (χ0) is 18.5. The SMILES string of the molecule is COc1cc(C=CC(=O)N2CCc3ccccc3C2)cc(OC)c1OC. The van der Waals surface area contributed by atoms with E-state index in [0.717, 1.165) is 18.5 Å². The summed E-state index contributed by atoms with van der Waals surface area (Å²) in [6.07, 6.45) is 4.25. The second-order valence-electron chi connectivity index (χ2n) is 6.07. The maximum atomic E-state index is 12.6. The van der Waals surface area contributed by atoms with Crippen molar-refractivity contribution in [3.63, 3.8) is 0 Å². The lowest BCUT2D eigenvalue weighted by atomic mass is 10.00. The lowest BCUT2D eigenvalue weighted by Gasteiger charge is -2.27. The van der Waals surface area contributed by atoms with Crippen molar-refractivity contribution in [2.24, 2.45) is 0 Å². The van der Waals surface area contributed by atoms with Gasteiger partial charge in [-0.3, -0.25) is 4.79 Å².